The van der Waals surface area contributed by atoms with Gasteiger partial charge in [-0.25, -0.2) is 14.5 Å². The normalized spacial score (nSPS) is 11.8. The van der Waals surface area contributed by atoms with Gasteiger partial charge in [0.1, 0.15) is 4.88 Å². The maximum Gasteiger partial charge on any atom is 0.435 e. The van der Waals surface area contributed by atoms with Crippen LogP contribution in [0.4, 0.5) is 13.2 Å². The third kappa shape index (κ3) is 2.90. The fourth-order valence-electron chi connectivity index (χ4n) is 1.23. The first-order valence-electron chi connectivity index (χ1n) is 5.08. The number of thiazole rings is 1. The summed E-state index contributed by atoms with van der Waals surface area (Å²) in [5.74, 6) is -1.67. The lowest BCUT2D eigenvalue weighted by molar-refractivity contribution is -0.141. The van der Waals surface area contributed by atoms with Crippen LogP contribution in [-0.2, 0) is 12.7 Å². The van der Waals surface area contributed by atoms with Crippen LogP contribution in [0.2, 0.25) is 0 Å². The summed E-state index contributed by atoms with van der Waals surface area (Å²) in [6, 6.07) is 0. The second-order valence-corrected chi connectivity index (χ2v) is 5.55. The molecule has 0 atom stereocenters. The van der Waals surface area contributed by atoms with Gasteiger partial charge >= 0.3 is 12.1 Å². The van der Waals surface area contributed by atoms with E-state index in [9.17, 15) is 18.0 Å². The van der Waals surface area contributed by atoms with Gasteiger partial charge in [0.15, 0.2) is 10.0 Å². The summed E-state index contributed by atoms with van der Waals surface area (Å²) < 4.78 is 39.3. The summed E-state index contributed by atoms with van der Waals surface area (Å²) in [5.41, 5.74) is -1.41. The molecule has 108 valence electrons. The van der Waals surface area contributed by atoms with Crippen molar-refractivity contribution < 1.29 is 23.1 Å². The Labute approximate surface area is 117 Å². The molecule has 7 nitrogen and oxygen atoms in total. The molecule has 0 aliphatic heterocycles. The van der Waals surface area contributed by atoms with Crippen LogP contribution >= 0.6 is 23.1 Å². The Balaban J connectivity index is 2.37. The molecule has 2 rings (SSSR count). The molecule has 0 spiro atoms. The average Bonchev–Trinajstić information content (AvgIpc) is 2.95. The monoisotopic (exact) mass is 325 g/mol. The number of hydrogen-bond acceptors (Lipinski definition) is 7. The number of carboxylic acids is 1. The van der Waals surface area contributed by atoms with Gasteiger partial charge in [0.25, 0.3) is 0 Å². The van der Waals surface area contributed by atoms with Crippen LogP contribution in [0.15, 0.2) is 9.50 Å². The topological polar surface area (TPSA) is 93.8 Å². The molecule has 0 radical (unpaired) electrons. The van der Waals surface area contributed by atoms with Gasteiger partial charge in [-0.2, -0.15) is 13.2 Å². The summed E-state index contributed by atoms with van der Waals surface area (Å²) >= 11 is 1.22. The minimum Gasteiger partial charge on any atom is -0.477 e. The second kappa shape index (κ2) is 5.36. The minimum absolute atomic E-state index is 0.0841. The Morgan fingerprint density at radius 1 is 1.50 bits per heavy atom. The molecule has 0 saturated heterocycles. The molecule has 20 heavy (non-hydrogen) atoms. The lowest BCUT2D eigenvalue weighted by atomic mass is 10.3. The van der Waals surface area contributed by atoms with Gasteiger partial charge in [0.05, 0.1) is 0 Å². The molecular formula is C8H6F3N5O2S2. The van der Waals surface area contributed by atoms with E-state index in [1.807, 2.05) is 0 Å². The van der Waals surface area contributed by atoms with Crippen molar-refractivity contribution >= 4 is 29.1 Å². The maximum absolute atomic E-state index is 12.7. The van der Waals surface area contributed by atoms with Crippen LogP contribution < -0.4 is 0 Å². The van der Waals surface area contributed by atoms with Crippen molar-refractivity contribution in [2.75, 3.05) is 0 Å². The molecule has 2 aromatic heterocycles. The van der Waals surface area contributed by atoms with Crippen LogP contribution in [0.5, 0.6) is 0 Å². The number of rotatable bonds is 4. The highest BCUT2D eigenvalue weighted by Crippen LogP contribution is 2.38. The Morgan fingerprint density at radius 2 is 2.20 bits per heavy atom. The lowest BCUT2D eigenvalue weighted by Gasteiger charge is -2.02. The molecule has 2 heterocycles. The number of nitrogens with zero attached hydrogens (tertiary/aromatic N) is 5. The highest BCUT2D eigenvalue weighted by atomic mass is 32.2. The number of aryl methyl sites for hydroxylation is 1. The van der Waals surface area contributed by atoms with Crippen molar-refractivity contribution in [1.29, 1.82) is 0 Å². The zero-order valence-corrected chi connectivity index (χ0v) is 11.4. The van der Waals surface area contributed by atoms with E-state index in [0.717, 1.165) is 11.8 Å². The van der Waals surface area contributed by atoms with Crippen molar-refractivity contribution in [3.8, 4) is 0 Å². The van der Waals surface area contributed by atoms with E-state index in [-0.39, 0.29) is 9.50 Å². The van der Waals surface area contributed by atoms with Gasteiger partial charge in [-0.3, -0.25) is 0 Å². The van der Waals surface area contributed by atoms with Gasteiger partial charge in [0, 0.05) is 6.54 Å². The molecule has 1 N–H and O–H groups in total. The molecule has 0 aromatic carbocycles. The SMILES string of the molecule is CCn1nnnc1Sc1nc(C(F)(F)F)c(C(=O)O)s1. The zero-order chi connectivity index (χ0) is 14.9. The van der Waals surface area contributed by atoms with Crippen molar-refractivity contribution in [3.05, 3.63) is 10.6 Å². The highest BCUT2D eigenvalue weighted by Gasteiger charge is 2.40. The summed E-state index contributed by atoms with van der Waals surface area (Å²) in [5, 5.41) is 19.7. The average molecular weight is 325 g/mol. The van der Waals surface area contributed by atoms with E-state index in [1.54, 1.807) is 6.92 Å². The number of halogens is 3. The second-order valence-electron chi connectivity index (χ2n) is 3.34. The van der Waals surface area contributed by atoms with Gasteiger partial charge < -0.3 is 5.11 Å². The molecule has 2 aromatic rings. The van der Waals surface area contributed by atoms with Crippen molar-refractivity contribution in [3.63, 3.8) is 0 Å². The van der Waals surface area contributed by atoms with E-state index in [0.29, 0.717) is 17.9 Å². The quantitative estimate of drug-likeness (QED) is 0.919. The lowest BCUT2D eigenvalue weighted by Crippen LogP contribution is -2.11. The third-order valence-electron chi connectivity index (χ3n) is 2.05. The first-order chi connectivity index (χ1) is 9.32. The van der Waals surface area contributed by atoms with Gasteiger partial charge in [-0.15, -0.1) is 5.10 Å². The zero-order valence-electron chi connectivity index (χ0n) is 9.75. The number of aromatic carboxylic acids is 1. The molecule has 0 bridgehead atoms. The number of carboxylic acid groups (broad SMARTS) is 1. The summed E-state index contributed by atoms with van der Waals surface area (Å²) in [6.07, 6.45) is -4.82. The van der Waals surface area contributed by atoms with Crippen LogP contribution in [0, 0.1) is 0 Å². The molecule has 12 heteroatoms. The van der Waals surface area contributed by atoms with E-state index in [2.05, 4.69) is 20.5 Å². The first-order valence-corrected chi connectivity index (χ1v) is 6.71. The Hall–Kier alpha value is -1.69. The summed E-state index contributed by atoms with van der Waals surface area (Å²) in [6.45, 7) is 2.19. The number of tetrazole rings is 1. The van der Waals surface area contributed by atoms with Crippen LogP contribution in [0.1, 0.15) is 22.3 Å². The highest BCUT2D eigenvalue weighted by molar-refractivity contribution is 8.00. The van der Waals surface area contributed by atoms with Crippen molar-refractivity contribution in [2.24, 2.45) is 0 Å². The predicted octanol–water partition coefficient (Wildman–Crippen LogP) is 2.02. The fourth-order valence-corrected chi connectivity index (χ4v) is 3.17. The van der Waals surface area contributed by atoms with Gasteiger partial charge in [-0.1, -0.05) is 11.3 Å². The molecule has 0 aliphatic carbocycles. The number of aromatic nitrogens is 5. The van der Waals surface area contributed by atoms with Crippen LogP contribution in [0.3, 0.4) is 0 Å². The van der Waals surface area contributed by atoms with Crippen molar-refractivity contribution in [1.82, 2.24) is 25.2 Å². The minimum atomic E-state index is -4.82. The van der Waals surface area contributed by atoms with E-state index in [4.69, 9.17) is 5.11 Å². The summed E-state index contributed by atoms with van der Waals surface area (Å²) in [4.78, 5) is 13.3. The predicted molar refractivity (Wildman–Crippen MR) is 61.7 cm³/mol. The summed E-state index contributed by atoms with van der Waals surface area (Å²) in [7, 11) is 0. The number of alkyl halides is 3. The molecule has 0 amide bonds. The molecule has 0 unspecified atom stereocenters. The third-order valence-corrected chi connectivity index (χ3v) is 4.13. The van der Waals surface area contributed by atoms with E-state index in [1.165, 1.54) is 4.68 Å². The Morgan fingerprint density at radius 3 is 2.70 bits per heavy atom. The number of carbonyl (C=O) groups is 1. The van der Waals surface area contributed by atoms with Gasteiger partial charge in [-0.05, 0) is 29.1 Å². The molecule has 0 saturated carbocycles. The van der Waals surface area contributed by atoms with Gasteiger partial charge in [0.2, 0.25) is 5.16 Å². The Kier molecular flexibility index (Phi) is 3.94. The number of hydrogen-bond donors (Lipinski definition) is 1. The van der Waals surface area contributed by atoms with Crippen molar-refractivity contribution in [2.45, 2.75) is 29.1 Å². The maximum atomic E-state index is 12.7. The molecular weight excluding hydrogens is 319 g/mol. The standard InChI is InChI=1S/C8H6F3N5O2S2/c1-2-16-6(13-14-15-16)20-7-12-4(8(9,10)11)3(19-7)5(17)18/h2H2,1H3,(H,17,18). The smallest absolute Gasteiger partial charge is 0.435 e. The van der Waals surface area contributed by atoms with Crippen LogP contribution in [0.25, 0.3) is 0 Å². The Bertz CT molecular complexity index is 638. The largest absolute Gasteiger partial charge is 0.477 e. The molecule has 0 aliphatic rings. The first kappa shape index (κ1) is 14.7. The van der Waals surface area contributed by atoms with Crippen LogP contribution in [-0.4, -0.2) is 36.3 Å². The van der Waals surface area contributed by atoms with E-state index >= 15 is 0 Å². The fraction of sp³-hybridized carbons (Fsp3) is 0.375. The molecule has 0 fully saturated rings. The van der Waals surface area contributed by atoms with E-state index < -0.39 is 22.7 Å².